The molecule has 0 aromatic heterocycles. The van der Waals surface area contributed by atoms with Gasteiger partial charge in [-0.05, 0) is 25.6 Å². The zero-order valence-corrected chi connectivity index (χ0v) is 11.4. The molecule has 0 spiro atoms. The van der Waals surface area contributed by atoms with E-state index >= 15 is 0 Å². The number of nitrogens with zero attached hydrogens (tertiary/aromatic N) is 2. The molecular formula is C14H23N3O. The topological polar surface area (TPSA) is 61.8 Å². The Bertz CT molecular complexity index is 387. The van der Waals surface area contributed by atoms with Crippen LogP contribution in [0.1, 0.15) is 25.8 Å². The number of oxime groups is 1. The van der Waals surface area contributed by atoms with Crippen molar-refractivity contribution in [2.24, 2.45) is 16.3 Å². The summed E-state index contributed by atoms with van der Waals surface area (Å²) in [7, 11) is 2.08. The van der Waals surface area contributed by atoms with Gasteiger partial charge in [0.05, 0.1) is 0 Å². The summed E-state index contributed by atoms with van der Waals surface area (Å²) >= 11 is 0. The first-order chi connectivity index (χ1) is 8.45. The Hall–Kier alpha value is -1.55. The van der Waals surface area contributed by atoms with Crippen LogP contribution in [-0.4, -0.2) is 29.5 Å². The van der Waals surface area contributed by atoms with Crippen molar-refractivity contribution < 1.29 is 5.21 Å². The van der Waals surface area contributed by atoms with E-state index in [1.165, 1.54) is 5.56 Å². The maximum Gasteiger partial charge on any atom is 0.144 e. The van der Waals surface area contributed by atoms with Crippen molar-refractivity contribution in [1.29, 1.82) is 0 Å². The lowest BCUT2D eigenvalue weighted by Gasteiger charge is -2.26. The van der Waals surface area contributed by atoms with Crippen LogP contribution in [0.2, 0.25) is 0 Å². The molecule has 0 saturated carbocycles. The standard InChI is InChI=1S/C14H23N3O/c1-14(2,13(15)16-18)9-10-17(3)11-12-7-5-4-6-8-12/h4-8,18H,9-11H2,1-3H3,(H2,15,16). The Morgan fingerprint density at radius 3 is 2.50 bits per heavy atom. The van der Waals surface area contributed by atoms with Crippen molar-refractivity contribution in [2.75, 3.05) is 13.6 Å². The molecule has 0 fully saturated rings. The second kappa shape index (κ2) is 6.40. The van der Waals surface area contributed by atoms with Gasteiger partial charge < -0.3 is 15.8 Å². The molecule has 0 atom stereocenters. The van der Waals surface area contributed by atoms with E-state index < -0.39 is 0 Å². The fourth-order valence-corrected chi connectivity index (χ4v) is 1.71. The van der Waals surface area contributed by atoms with Crippen molar-refractivity contribution >= 4 is 5.84 Å². The summed E-state index contributed by atoms with van der Waals surface area (Å²) in [6.07, 6.45) is 0.853. The number of hydrogen-bond acceptors (Lipinski definition) is 3. The number of benzene rings is 1. The molecule has 100 valence electrons. The molecule has 0 aliphatic rings. The van der Waals surface area contributed by atoms with Crippen molar-refractivity contribution in [2.45, 2.75) is 26.8 Å². The maximum atomic E-state index is 8.72. The van der Waals surface area contributed by atoms with E-state index in [0.717, 1.165) is 19.5 Å². The van der Waals surface area contributed by atoms with Crippen LogP contribution in [0.25, 0.3) is 0 Å². The number of hydrogen-bond donors (Lipinski definition) is 2. The van der Waals surface area contributed by atoms with Crippen LogP contribution in [0.4, 0.5) is 0 Å². The third kappa shape index (κ3) is 4.37. The van der Waals surface area contributed by atoms with Crippen molar-refractivity contribution in [3.05, 3.63) is 35.9 Å². The second-order valence-electron chi connectivity index (χ2n) is 5.34. The van der Waals surface area contributed by atoms with E-state index in [0.29, 0.717) is 0 Å². The SMILES string of the molecule is CN(CCC(C)(C)C(N)=NO)Cc1ccccc1. The van der Waals surface area contributed by atoms with E-state index in [-0.39, 0.29) is 11.3 Å². The summed E-state index contributed by atoms with van der Waals surface area (Å²) in [5, 5.41) is 11.8. The average Bonchev–Trinajstić information content (AvgIpc) is 2.36. The monoisotopic (exact) mass is 249 g/mol. The highest BCUT2D eigenvalue weighted by molar-refractivity contribution is 5.85. The highest BCUT2D eigenvalue weighted by atomic mass is 16.4. The quantitative estimate of drug-likeness (QED) is 0.352. The third-order valence-electron chi connectivity index (χ3n) is 3.21. The minimum absolute atomic E-state index is 0.278. The van der Waals surface area contributed by atoms with Gasteiger partial charge in [-0.2, -0.15) is 0 Å². The Labute approximate surface area is 109 Å². The molecule has 0 unspecified atom stereocenters. The molecule has 1 aromatic rings. The van der Waals surface area contributed by atoms with Crippen LogP contribution in [0.3, 0.4) is 0 Å². The van der Waals surface area contributed by atoms with E-state index in [1.54, 1.807) is 0 Å². The van der Waals surface area contributed by atoms with E-state index in [9.17, 15) is 0 Å². The molecule has 0 bridgehead atoms. The molecular weight excluding hydrogens is 226 g/mol. The predicted molar refractivity (Wildman–Crippen MR) is 74.6 cm³/mol. The van der Waals surface area contributed by atoms with Crippen LogP contribution < -0.4 is 5.73 Å². The lowest BCUT2D eigenvalue weighted by molar-refractivity contribution is 0.272. The summed E-state index contributed by atoms with van der Waals surface area (Å²) < 4.78 is 0. The van der Waals surface area contributed by atoms with Crippen molar-refractivity contribution in [3.8, 4) is 0 Å². The molecule has 1 aromatic carbocycles. The van der Waals surface area contributed by atoms with Gasteiger partial charge in [0.25, 0.3) is 0 Å². The fraction of sp³-hybridized carbons (Fsp3) is 0.500. The molecule has 18 heavy (non-hydrogen) atoms. The lowest BCUT2D eigenvalue weighted by atomic mass is 9.88. The zero-order valence-electron chi connectivity index (χ0n) is 11.4. The van der Waals surface area contributed by atoms with E-state index in [1.807, 2.05) is 32.0 Å². The normalized spacial score (nSPS) is 13.0. The molecule has 1 rings (SSSR count). The van der Waals surface area contributed by atoms with Crippen molar-refractivity contribution in [1.82, 2.24) is 4.90 Å². The van der Waals surface area contributed by atoms with Crippen LogP contribution in [-0.2, 0) is 6.54 Å². The minimum Gasteiger partial charge on any atom is -0.409 e. The molecule has 0 amide bonds. The Morgan fingerprint density at radius 2 is 1.94 bits per heavy atom. The minimum atomic E-state index is -0.278. The molecule has 4 heteroatoms. The summed E-state index contributed by atoms with van der Waals surface area (Å²) in [6.45, 7) is 5.78. The first-order valence-electron chi connectivity index (χ1n) is 6.16. The van der Waals surface area contributed by atoms with Gasteiger partial charge in [0.1, 0.15) is 5.84 Å². The Morgan fingerprint density at radius 1 is 1.33 bits per heavy atom. The van der Waals surface area contributed by atoms with E-state index in [4.69, 9.17) is 10.9 Å². The molecule has 0 aliphatic heterocycles. The Kier molecular flexibility index (Phi) is 5.16. The van der Waals surface area contributed by atoms with Crippen LogP contribution >= 0.6 is 0 Å². The summed E-state index contributed by atoms with van der Waals surface area (Å²) in [4.78, 5) is 2.24. The number of amidine groups is 1. The molecule has 0 saturated heterocycles. The molecule has 4 nitrogen and oxygen atoms in total. The second-order valence-corrected chi connectivity index (χ2v) is 5.34. The van der Waals surface area contributed by atoms with Gasteiger partial charge in [-0.3, -0.25) is 0 Å². The number of nitrogens with two attached hydrogens (primary N) is 1. The Balaban J connectivity index is 2.44. The highest BCUT2D eigenvalue weighted by Gasteiger charge is 2.23. The predicted octanol–water partition coefficient (Wildman–Crippen LogP) is 2.28. The third-order valence-corrected chi connectivity index (χ3v) is 3.21. The maximum absolute atomic E-state index is 8.72. The van der Waals surface area contributed by atoms with Gasteiger partial charge >= 0.3 is 0 Å². The smallest absolute Gasteiger partial charge is 0.144 e. The molecule has 3 N–H and O–H groups in total. The highest BCUT2D eigenvalue weighted by Crippen LogP contribution is 2.20. The average molecular weight is 249 g/mol. The number of rotatable bonds is 6. The largest absolute Gasteiger partial charge is 0.409 e. The summed E-state index contributed by atoms with van der Waals surface area (Å²) in [5.41, 5.74) is 6.69. The van der Waals surface area contributed by atoms with Gasteiger partial charge in [-0.25, -0.2) is 0 Å². The van der Waals surface area contributed by atoms with Gasteiger partial charge in [0, 0.05) is 12.0 Å². The van der Waals surface area contributed by atoms with Gasteiger partial charge in [0.15, 0.2) is 0 Å². The van der Waals surface area contributed by atoms with Gasteiger partial charge in [0.2, 0.25) is 0 Å². The first-order valence-corrected chi connectivity index (χ1v) is 6.16. The summed E-state index contributed by atoms with van der Waals surface area (Å²) in [6, 6.07) is 10.3. The van der Waals surface area contributed by atoms with Gasteiger partial charge in [-0.15, -0.1) is 0 Å². The molecule has 0 aliphatic carbocycles. The lowest BCUT2D eigenvalue weighted by Crippen LogP contribution is -2.35. The van der Waals surface area contributed by atoms with Crippen LogP contribution in [0.5, 0.6) is 0 Å². The molecule has 0 radical (unpaired) electrons. The van der Waals surface area contributed by atoms with Crippen LogP contribution in [0, 0.1) is 5.41 Å². The fourth-order valence-electron chi connectivity index (χ4n) is 1.71. The van der Waals surface area contributed by atoms with Gasteiger partial charge in [-0.1, -0.05) is 49.3 Å². The van der Waals surface area contributed by atoms with Crippen LogP contribution in [0.15, 0.2) is 35.5 Å². The first kappa shape index (κ1) is 14.5. The van der Waals surface area contributed by atoms with Crippen molar-refractivity contribution in [3.63, 3.8) is 0 Å². The van der Waals surface area contributed by atoms with E-state index in [2.05, 4.69) is 29.2 Å². The summed E-state index contributed by atoms with van der Waals surface area (Å²) in [5.74, 6) is 0.288. The zero-order chi connectivity index (χ0) is 13.6. The molecule has 0 heterocycles.